The van der Waals surface area contributed by atoms with Crippen LogP contribution in [0, 0.1) is 6.92 Å². The van der Waals surface area contributed by atoms with E-state index in [9.17, 15) is 4.79 Å². The van der Waals surface area contributed by atoms with Gasteiger partial charge in [-0.2, -0.15) is 0 Å². The van der Waals surface area contributed by atoms with Crippen molar-refractivity contribution in [2.75, 3.05) is 20.2 Å². The number of hydrogen-bond donors (Lipinski definition) is 0. The first-order valence-corrected chi connectivity index (χ1v) is 7.04. The van der Waals surface area contributed by atoms with Gasteiger partial charge in [0.1, 0.15) is 11.7 Å². The molecule has 1 fully saturated rings. The van der Waals surface area contributed by atoms with Gasteiger partial charge in [0.2, 0.25) is 11.8 Å². The maximum absolute atomic E-state index is 12.4. The monoisotopic (exact) mass is 302 g/mol. The minimum absolute atomic E-state index is 0.0269. The lowest BCUT2D eigenvalue weighted by Gasteiger charge is -2.38. The first-order valence-electron chi connectivity index (χ1n) is 7.04. The molecule has 1 amide bonds. The van der Waals surface area contributed by atoms with Gasteiger partial charge in [0, 0.05) is 25.0 Å². The zero-order valence-corrected chi connectivity index (χ0v) is 12.8. The summed E-state index contributed by atoms with van der Waals surface area (Å²) in [7, 11) is 3.26. The molecule has 22 heavy (non-hydrogen) atoms. The van der Waals surface area contributed by atoms with E-state index in [0.717, 1.165) is 5.69 Å². The van der Waals surface area contributed by atoms with Crippen LogP contribution in [0.5, 0.6) is 11.8 Å². The summed E-state index contributed by atoms with van der Waals surface area (Å²) in [6.45, 7) is 2.98. The van der Waals surface area contributed by atoms with Crippen LogP contribution < -0.4 is 9.47 Å². The highest BCUT2D eigenvalue weighted by Gasteiger charge is 2.35. The number of rotatable bonds is 4. The van der Waals surface area contributed by atoms with E-state index < -0.39 is 0 Å². The van der Waals surface area contributed by atoms with Gasteiger partial charge in [0.05, 0.1) is 20.2 Å². The third-order valence-electron chi connectivity index (χ3n) is 3.50. The first-order chi connectivity index (χ1) is 10.6. The molecule has 2 aromatic rings. The van der Waals surface area contributed by atoms with Crippen molar-refractivity contribution in [3.63, 3.8) is 0 Å². The molecule has 0 unspecified atom stereocenters. The molecule has 1 aliphatic heterocycles. The summed E-state index contributed by atoms with van der Waals surface area (Å²) >= 11 is 0. The largest absolute Gasteiger partial charge is 0.479 e. The second-order valence-electron chi connectivity index (χ2n) is 5.29. The molecule has 7 nitrogen and oxygen atoms in total. The van der Waals surface area contributed by atoms with Gasteiger partial charge in [0.15, 0.2) is 0 Å². The molecule has 0 aliphatic carbocycles. The van der Waals surface area contributed by atoms with E-state index in [1.165, 1.54) is 7.11 Å². The molecule has 116 valence electrons. The lowest BCUT2D eigenvalue weighted by molar-refractivity contribution is 0.0157. The van der Waals surface area contributed by atoms with Crippen LogP contribution in [-0.4, -0.2) is 51.9 Å². The third kappa shape index (κ3) is 2.74. The Labute approximate surface area is 128 Å². The maximum atomic E-state index is 12.4. The van der Waals surface area contributed by atoms with Gasteiger partial charge in [-0.15, -0.1) is 5.10 Å². The van der Waals surface area contributed by atoms with Crippen LogP contribution in [0.3, 0.4) is 0 Å². The highest BCUT2D eigenvalue weighted by atomic mass is 16.5. The Morgan fingerprint density at radius 3 is 2.82 bits per heavy atom. The summed E-state index contributed by atoms with van der Waals surface area (Å²) in [4.78, 5) is 18.4. The maximum Gasteiger partial charge on any atom is 0.261 e. The summed E-state index contributed by atoms with van der Waals surface area (Å²) in [5, 5.41) is 4.09. The van der Waals surface area contributed by atoms with Crippen molar-refractivity contribution >= 4 is 5.91 Å². The number of likely N-dealkylation sites (tertiary alicyclic amines) is 1. The molecule has 0 saturated carbocycles. The zero-order valence-electron chi connectivity index (χ0n) is 12.8. The Balaban J connectivity index is 1.60. The molecule has 0 N–H and O–H groups in total. The molecule has 7 heteroatoms. The molecule has 2 aromatic heterocycles. The topological polar surface area (TPSA) is 69.5 Å². The smallest absolute Gasteiger partial charge is 0.261 e. The summed E-state index contributed by atoms with van der Waals surface area (Å²) < 4.78 is 12.4. The van der Waals surface area contributed by atoms with Crippen molar-refractivity contribution in [1.29, 1.82) is 0 Å². The lowest BCUT2D eigenvalue weighted by atomic mass is 10.1. The second kappa shape index (κ2) is 5.67. The van der Waals surface area contributed by atoms with Gasteiger partial charge in [-0.3, -0.25) is 9.48 Å². The number of methoxy groups -OCH3 is 1. The van der Waals surface area contributed by atoms with Crippen LogP contribution in [0.1, 0.15) is 16.1 Å². The summed E-state index contributed by atoms with van der Waals surface area (Å²) in [5.74, 6) is 0.843. The molecular formula is C15H18N4O3. The Bertz CT molecular complexity index is 692. The van der Waals surface area contributed by atoms with E-state index in [1.807, 2.05) is 25.1 Å². The molecule has 3 heterocycles. The Kier molecular flexibility index (Phi) is 3.70. The van der Waals surface area contributed by atoms with Crippen molar-refractivity contribution in [1.82, 2.24) is 19.7 Å². The van der Waals surface area contributed by atoms with Crippen molar-refractivity contribution < 1.29 is 14.3 Å². The molecule has 0 aromatic carbocycles. The Morgan fingerprint density at radius 2 is 2.14 bits per heavy atom. The van der Waals surface area contributed by atoms with Crippen molar-refractivity contribution in [3.05, 3.63) is 35.7 Å². The number of carbonyl (C=O) groups excluding carboxylic acids is 1. The fraction of sp³-hybridized carbons (Fsp3) is 0.400. The van der Waals surface area contributed by atoms with E-state index in [2.05, 4.69) is 10.1 Å². The number of hydrogen-bond acceptors (Lipinski definition) is 5. The predicted molar refractivity (Wildman–Crippen MR) is 79.1 cm³/mol. The van der Waals surface area contributed by atoms with Gasteiger partial charge >= 0.3 is 0 Å². The van der Waals surface area contributed by atoms with Crippen molar-refractivity contribution in [2.45, 2.75) is 13.0 Å². The minimum Gasteiger partial charge on any atom is -0.479 e. The molecule has 1 saturated heterocycles. The van der Waals surface area contributed by atoms with Crippen LogP contribution in [0.15, 0.2) is 24.4 Å². The molecular weight excluding hydrogens is 284 g/mol. The van der Waals surface area contributed by atoms with E-state index in [-0.39, 0.29) is 12.0 Å². The Morgan fingerprint density at radius 1 is 1.36 bits per heavy atom. The summed E-state index contributed by atoms with van der Waals surface area (Å²) in [6, 6.07) is 5.64. The van der Waals surface area contributed by atoms with Gasteiger partial charge in [-0.25, -0.2) is 4.98 Å². The molecule has 0 bridgehead atoms. The highest BCUT2D eigenvalue weighted by Crippen LogP contribution is 2.22. The first kappa shape index (κ1) is 14.4. The number of amides is 1. The van der Waals surface area contributed by atoms with E-state index in [4.69, 9.17) is 9.47 Å². The number of pyridine rings is 1. The standard InChI is InChI=1S/C15H18N4O3/c1-10-5-4-6-13(16-10)22-11-7-19(8-11)15(20)12-9-18(2)17-14(12)21-3/h4-6,9,11H,7-8H2,1-3H3. The van der Waals surface area contributed by atoms with Crippen LogP contribution in [0.2, 0.25) is 0 Å². The van der Waals surface area contributed by atoms with Gasteiger partial charge < -0.3 is 14.4 Å². The van der Waals surface area contributed by atoms with Gasteiger partial charge in [-0.1, -0.05) is 6.07 Å². The average Bonchev–Trinajstić information content (AvgIpc) is 2.83. The molecule has 0 radical (unpaired) electrons. The van der Waals surface area contributed by atoms with E-state index in [0.29, 0.717) is 30.4 Å². The van der Waals surface area contributed by atoms with Crippen molar-refractivity contribution in [2.24, 2.45) is 7.05 Å². The van der Waals surface area contributed by atoms with Crippen LogP contribution in [0.4, 0.5) is 0 Å². The van der Waals surface area contributed by atoms with Crippen LogP contribution in [-0.2, 0) is 7.05 Å². The lowest BCUT2D eigenvalue weighted by Crippen LogP contribution is -2.56. The number of aromatic nitrogens is 3. The quantitative estimate of drug-likeness (QED) is 0.844. The zero-order chi connectivity index (χ0) is 15.7. The van der Waals surface area contributed by atoms with Gasteiger partial charge in [0.25, 0.3) is 5.91 Å². The number of ether oxygens (including phenoxy) is 2. The molecule has 0 atom stereocenters. The Hall–Kier alpha value is -2.57. The number of nitrogens with zero attached hydrogens (tertiary/aromatic N) is 4. The normalized spacial score (nSPS) is 14.6. The van der Waals surface area contributed by atoms with Gasteiger partial charge in [-0.05, 0) is 13.0 Å². The molecule has 0 spiro atoms. The fourth-order valence-electron chi connectivity index (χ4n) is 2.37. The minimum atomic E-state index is -0.0954. The summed E-state index contributed by atoms with van der Waals surface area (Å²) in [6.07, 6.45) is 1.64. The third-order valence-corrected chi connectivity index (χ3v) is 3.50. The van der Waals surface area contributed by atoms with Crippen LogP contribution in [0.25, 0.3) is 0 Å². The predicted octanol–water partition coefficient (Wildman–Crippen LogP) is 1.04. The van der Waals surface area contributed by atoms with E-state index in [1.54, 1.807) is 22.8 Å². The molecule has 3 rings (SSSR count). The molecule has 1 aliphatic rings. The van der Waals surface area contributed by atoms with Crippen molar-refractivity contribution in [3.8, 4) is 11.8 Å². The second-order valence-corrected chi connectivity index (χ2v) is 5.29. The average molecular weight is 302 g/mol. The fourth-order valence-corrected chi connectivity index (χ4v) is 2.37. The summed E-state index contributed by atoms with van der Waals surface area (Å²) in [5.41, 5.74) is 1.38. The van der Waals surface area contributed by atoms with E-state index >= 15 is 0 Å². The van der Waals surface area contributed by atoms with Crippen LogP contribution >= 0.6 is 0 Å². The number of aryl methyl sites for hydroxylation is 2. The SMILES string of the molecule is COc1nn(C)cc1C(=O)N1CC(Oc2cccc(C)n2)C1. The highest BCUT2D eigenvalue weighted by molar-refractivity contribution is 5.96. The number of carbonyl (C=O) groups is 1.